The van der Waals surface area contributed by atoms with Crippen molar-refractivity contribution < 1.29 is 9.47 Å². The van der Waals surface area contributed by atoms with E-state index in [1.807, 2.05) is 0 Å². The van der Waals surface area contributed by atoms with E-state index in [0.717, 1.165) is 26.4 Å². The molecule has 0 spiro atoms. The summed E-state index contributed by atoms with van der Waals surface area (Å²) in [5.74, 6) is 0. The molecule has 2 aliphatic rings. The highest BCUT2D eigenvalue weighted by Crippen LogP contribution is 2.15. The minimum atomic E-state index is 0. The zero-order valence-electron chi connectivity index (χ0n) is 7.89. The van der Waals surface area contributed by atoms with Gasteiger partial charge in [0, 0.05) is 0 Å². The summed E-state index contributed by atoms with van der Waals surface area (Å²) >= 11 is 0. The number of rotatable bonds is 0. The van der Waals surface area contributed by atoms with Gasteiger partial charge in [-0.25, -0.2) is 0 Å². The van der Waals surface area contributed by atoms with E-state index < -0.39 is 0 Å². The SMILES string of the molecule is C.C1CCCCC1.C1COCCO1. The lowest BCUT2D eigenvalue weighted by molar-refractivity contribution is -0.0334. The van der Waals surface area contributed by atoms with E-state index in [-0.39, 0.29) is 7.43 Å². The van der Waals surface area contributed by atoms with Gasteiger partial charge in [0.15, 0.2) is 0 Å². The predicted molar refractivity (Wildman–Crippen MR) is 56.1 cm³/mol. The van der Waals surface area contributed by atoms with Gasteiger partial charge in [0.25, 0.3) is 0 Å². The average Bonchev–Trinajstić information content (AvgIpc) is 2.24. The van der Waals surface area contributed by atoms with Crippen LogP contribution in [0.25, 0.3) is 0 Å². The summed E-state index contributed by atoms with van der Waals surface area (Å²) in [6.07, 6.45) is 9.00. The summed E-state index contributed by atoms with van der Waals surface area (Å²) in [4.78, 5) is 0. The van der Waals surface area contributed by atoms with Gasteiger partial charge in [0.05, 0.1) is 26.4 Å². The van der Waals surface area contributed by atoms with E-state index in [1.54, 1.807) is 0 Å². The molecule has 0 unspecified atom stereocenters. The molecular formula is C11H24O2. The lowest BCUT2D eigenvalue weighted by Gasteiger charge is -2.09. The maximum atomic E-state index is 4.94. The molecule has 2 fully saturated rings. The highest BCUT2D eigenvalue weighted by molar-refractivity contribution is 4.51. The van der Waals surface area contributed by atoms with E-state index in [1.165, 1.54) is 38.5 Å². The molecule has 0 aromatic rings. The molecule has 0 aromatic heterocycles. The molecule has 1 aliphatic carbocycles. The zero-order valence-corrected chi connectivity index (χ0v) is 7.89. The first kappa shape index (κ1) is 12.9. The van der Waals surface area contributed by atoms with Gasteiger partial charge in [0.1, 0.15) is 0 Å². The minimum absolute atomic E-state index is 0. The second kappa shape index (κ2) is 10.0. The topological polar surface area (TPSA) is 18.5 Å². The van der Waals surface area contributed by atoms with Crippen molar-refractivity contribution in [3.05, 3.63) is 0 Å². The molecule has 13 heavy (non-hydrogen) atoms. The summed E-state index contributed by atoms with van der Waals surface area (Å²) in [5.41, 5.74) is 0. The van der Waals surface area contributed by atoms with Crippen LogP contribution in [0, 0.1) is 0 Å². The molecule has 2 rings (SSSR count). The Hall–Kier alpha value is -0.0800. The van der Waals surface area contributed by atoms with Crippen LogP contribution in [0.15, 0.2) is 0 Å². The maximum absolute atomic E-state index is 4.94. The fraction of sp³-hybridized carbons (Fsp3) is 1.00. The van der Waals surface area contributed by atoms with E-state index in [4.69, 9.17) is 9.47 Å². The van der Waals surface area contributed by atoms with Crippen LogP contribution in [0.5, 0.6) is 0 Å². The first-order valence-corrected chi connectivity index (χ1v) is 5.15. The molecule has 0 radical (unpaired) electrons. The van der Waals surface area contributed by atoms with E-state index in [9.17, 15) is 0 Å². The minimum Gasteiger partial charge on any atom is -0.377 e. The van der Waals surface area contributed by atoms with Crippen LogP contribution in [0.1, 0.15) is 46.0 Å². The summed E-state index contributed by atoms with van der Waals surface area (Å²) < 4.78 is 9.89. The maximum Gasteiger partial charge on any atom is 0.0701 e. The van der Waals surface area contributed by atoms with Crippen LogP contribution in [-0.2, 0) is 9.47 Å². The van der Waals surface area contributed by atoms with Gasteiger partial charge in [-0.1, -0.05) is 46.0 Å². The van der Waals surface area contributed by atoms with Gasteiger partial charge in [-0.3, -0.25) is 0 Å². The van der Waals surface area contributed by atoms with Gasteiger partial charge >= 0.3 is 0 Å². The Balaban J connectivity index is 0.000000206. The average molecular weight is 188 g/mol. The smallest absolute Gasteiger partial charge is 0.0701 e. The van der Waals surface area contributed by atoms with Gasteiger partial charge in [0.2, 0.25) is 0 Å². The first-order valence-electron chi connectivity index (χ1n) is 5.15. The second-order valence-corrected chi connectivity index (χ2v) is 3.35. The Morgan fingerprint density at radius 1 is 0.462 bits per heavy atom. The lowest BCUT2D eigenvalue weighted by atomic mass is 10.0. The molecule has 1 saturated carbocycles. The fourth-order valence-corrected chi connectivity index (χ4v) is 1.50. The van der Waals surface area contributed by atoms with Crippen LogP contribution in [-0.4, -0.2) is 26.4 Å². The van der Waals surface area contributed by atoms with Crippen molar-refractivity contribution in [3.63, 3.8) is 0 Å². The molecule has 1 heterocycles. The number of hydrogen-bond acceptors (Lipinski definition) is 2. The zero-order chi connectivity index (χ0) is 8.49. The van der Waals surface area contributed by atoms with Crippen LogP contribution in [0.4, 0.5) is 0 Å². The van der Waals surface area contributed by atoms with Crippen molar-refractivity contribution in [1.82, 2.24) is 0 Å². The van der Waals surface area contributed by atoms with E-state index in [0.29, 0.717) is 0 Å². The summed E-state index contributed by atoms with van der Waals surface area (Å²) in [7, 11) is 0. The Morgan fingerprint density at radius 2 is 0.692 bits per heavy atom. The van der Waals surface area contributed by atoms with Gasteiger partial charge in [-0.2, -0.15) is 0 Å². The largest absolute Gasteiger partial charge is 0.377 e. The fourth-order valence-electron chi connectivity index (χ4n) is 1.50. The van der Waals surface area contributed by atoms with Gasteiger partial charge in [-0.05, 0) is 0 Å². The molecule has 0 amide bonds. The first-order chi connectivity index (χ1) is 6.00. The summed E-state index contributed by atoms with van der Waals surface area (Å²) in [5, 5.41) is 0. The Labute approximate surface area is 82.6 Å². The third kappa shape index (κ3) is 8.26. The van der Waals surface area contributed by atoms with Crippen LogP contribution in [0.3, 0.4) is 0 Å². The molecule has 2 nitrogen and oxygen atoms in total. The highest BCUT2D eigenvalue weighted by atomic mass is 16.6. The molecule has 0 atom stereocenters. The van der Waals surface area contributed by atoms with Crippen LogP contribution in [0.2, 0.25) is 0 Å². The monoisotopic (exact) mass is 188 g/mol. The standard InChI is InChI=1S/C6H12.C4H8O2.CH4/c1-2-4-6-5-3-1;1-2-6-4-3-5-1;/h1-6H2;1-4H2;1H4. The molecule has 0 aromatic carbocycles. The molecular weight excluding hydrogens is 164 g/mol. The van der Waals surface area contributed by atoms with Crippen molar-refractivity contribution in [2.75, 3.05) is 26.4 Å². The Bertz CT molecular complexity index is 51.1. The quantitative estimate of drug-likeness (QED) is 0.582. The summed E-state index contributed by atoms with van der Waals surface area (Å²) in [6.45, 7) is 3.11. The number of hydrogen-bond donors (Lipinski definition) is 0. The van der Waals surface area contributed by atoms with Gasteiger partial charge < -0.3 is 9.47 Å². The number of ether oxygens (including phenoxy) is 2. The van der Waals surface area contributed by atoms with Crippen molar-refractivity contribution in [3.8, 4) is 0 Å². The van der Waals surface area contributed by atoms with Crippen molar-refractivity contribution in [2.24, 2.45) is 0 Å². The highest BCUT2D eigenvalue weighted by Gasteiger charge is 1.95. The summed E-state index contributed by atoms with van der Waals surface area (Å²) in [6, 6.07) is 0. The van der Waals surface area contributed by atoms with Crippen molar-refractivity contribution in [2.45, 2.75) is 46.0 Å². The van der Waals surface area contributed by atoms with Crippen molar-refractivity contribution in [1.29, 1.82) is 0 Å². The van der Waals surface area contributed by atoms with Crippen molar-refractivity contribution >= 4 is 0 Å². The molecule has 1 saturated heterocycles. The third-order valence-electron chi connectivity index (χ3n) is 2.24. The molecule has 2 heteroatoms. The normalized spacial score (nSPS) is 22.2. The lowest BCUT2D eigenvalue weighted by Crippen LogP contribution is -2.16. The van der Waals surface area contributed by atoms with E-state index >= 15 is 0 Å². The third-order valence-corrected chi connectivity index (χ3v) is 2.24. The van der Waals surface area contributed by atoms with Crippen LogP contribution >= 0.6 is 0 Å². The van der Waals surface area contributed by atoms with Gasteiger partial charge in [-0.15, -0.1) is 0 Å². The molecule has 0 N–H and O–H groups in total. The molecule has 1 aliphatic heterocycles. The second-order valence-electron chi connectivity index (χ2n) is 3.35. The molecule has 0 bridgehead atoms. The molecule has 80 valence electrons. The Kier molecular flexibility index (Phi) is 9.94. The van der Waals surface area contributed by atoms with E-state index in [2.05, 4.69) is 0 Å². The van der Waals surface area contributed by atoms with Crippen LogP contribution < -0.4 is 0 Å². The predicted octanol–water partition coefficient (Wildman–Crippen LogP) is 3.01. The Morgan fingerprint density at radius 3 is 0.846 bits per heavy atom.